The van der Waals surface area contributed by atoms with Crippen LogP contribution in [0.1, 0.15) is 36.8 Å². The number of hydrogen-bond donors (Lipinski definition) is 0. The summed E-state index contributed by atoms with van der Waals surface area (Å²) in [5, 5.41) is 0. The summed E-state index contributed by atoms with van der Waals surface area (Å²) in [5.74, 6) is 0.381. The molecule has 2 aliphatic heterocycles. The zero-order valence-electron chi connectivity index (χ0n) is 10.4. The molecule has 0 bridgehead atoms. The average Bonchev–Trinajstić information content (AvgIpc) is 2.87. The third kappa shape index (κ3) is 1.86. The average molecular weight is 229 g/mol. The minimum Gasteiger partial charge on any atom is -0.336 e. The predicted molar refractivity (Wildman–Crippen MR) is 67.8 cm³/mol. The Morgan fingerprint density at radius 2 is 2.06 bits per heavy atom. The van der Waals surface area contributed by atoms with Crippen molar-refractivity contribution in [2.75, 3.05) is 0 Å². The van der Waals surface area contributed by atoms with E-state index >= 15 is 0 Å². The van der Waals surface area contributed by atoms with Crippen molar-refractivity contribution in [3.8, 4) is 0 Å². The smallest absolute Gasteiger partial charge is 0.223 e. The van der Waals surface area contributed by atoms with Crippen LogP contribution in [0.2, 0.25) is 0 Å². The molecule has 0 unspecified atom stereocenters. The Hall–Kier alpha value is -1.31. The summed E-state index contributed by atoms with van der Waals surface area (Å²) in [6.07, 6.45) is 5.29. The Kier molecular flexibility index (Phi) is 2.65. The molecule has 0 radical (unpaired) electrons. The largest absolute Gasteiger partial charge is 0.336 e. The maximum absolute atomic E-state index is 11.9. The van der Waals surface area contributed by atoms with Gasteiger partial charge in [-0.05, 0) is 43.7 Å². The molecule has 2 heterocycles. The molecule has 1 aromatic rings. The standard InChI is InChI=1S/C15H19NO/c1-11-4-2-3-5-12(11)10-14-7-6-13-8-9-15(17)16(13)14/h2-5,13-14H,6-10H2,1H3/t13-,14-/m1/s1. The normalized spacial score (nSPS) is 27.6. The Labute approximate surface area is 103 Å². The van der Waals surface area contributed by atoms with E-state index in [9.17, 15) is 4.79 Å². The second-order valence-corrected chi connectivity index (χ2v) is 5.36. The van der Waals surface area contributed by atoms with Crippen LogP contribution < -0.4 is 0 Å². The van der Waals surface area contributed by atoms with Gasteiger partial charge in [0.1, 0.15) is 0 Å². The minimum atomic E-state index is 0.381. The number of hydrogen-bond acceptors (Lipinski definition) is 1. The van der Waals surface area contributed by atoms with Crippen LogP contribution in [0.3, 0.4) is 0 Å². The Balaban J connectivity index is 1.78. The molecule has 2 aliphatic rings. The Bertz CT molecular complexity index is 440. The van der Waals surface area contributed by atoms with E-state index in [1.54, 1.807) is 0 Å². The summed E-state index contributed by atoms with van der Waals surface area (Å²) in [6.45, 7) is 2.16. The second-order valence-electron chi connectivity index (χ2n) is 5.36. The molecule has 2 atom stereocenters. The zero-order valence-corrected chi connectivity index (χ0v) is 10.4. The number of amides is 1. The molecule has 1 aromatic carbocycles. The molecule has 0 aliphatic carbocycles. The monoisotopic (exact) mass is 229 g/mol. The zero-order chi connectivity index (χ0) is 11.8. The lowest BCUT2D eigenvalue weighted by Crippen LogP contribution is -2.36. The summed E-state index contributed by atoms with van der Waals surface area (Å²) >= 11 is 0. The van der Waals surface area contributed by atoms with Crippen molar-refractivity contribution < 1.29 is 4.79 Å². The number of aryl methyl sites for hydroxylation is 1. The third-order valence-corrected chi connectivity index (χ3v) is 4.32. The summed E-state index contributed by atoms with van der Waals surface area (Å²) in [4.78, 5) is 14.0. The van der Waals surface area contributed by atoms with E-state index < -0.39 is 0 Å². The van der Waals surface area contributed by atoms with Crippen LogP contribution in [0.15, 0.2) is 24.3 Å². The predicted octanol–water partition coefficient (Wildman–Crippen LogP) is 2.69. The van der Waals surface area contributed by atoms with Crippen LogP contribution in [0.25, 0.3) is 0 Å². The molecule has 3 rings (SSSR count). The van der Waals surface area contributed by atoms with Crippen LogP contribution in [0.4, 0.5) is 0 Å². The van der Waals surface area contributed by atoms with Crippen molar-refractivity contribution >= 4 is 5.91 Å². The molecule has 90 valence electrons. The molecular weight excluding hydrogens is 210 g/mol. The molecule has 2 saturated heterocycles. The SMILES string of the molecule is Cc1ccccc1C[C@H]1CC[C@@H]2CCC(=O)N21. The van der Waals surface area contributed by atoms with Gasteiger partial charge in [-0.1, -0.05) is 24.3 Å². The van der Waals surface area contributed by atoms with Gasteiger partial charge < -0.3 is 4.90 Å². The van der Waals surface area contributed by atoms with Crippen LogP contribution in [0.5, 0.6) is 0 Å². The first-order valence-electron chi connectivity index (χ1n) is 6.61. The van der Waals surface area contributed by atoms with E-state index in [4.69, 9.17) is 0 Å². The minimum absolute atomic E-state index is 0.381. The maximum Gasteiger partial charge on any atom is 0.223 e. The fraction of sp³-hybridized carbons (Fsp3) is 0.533. The number of nitrogens with zero attached hydrogens (tertiary/aromatic N) is 1. The van der Waals surface area contributed by atoms with Crippen LogP contribution in [-0.2, 0) is 11.2 Å². The first kappa shape index (κ1) is 10.8. The van der Waals surface area contributed by atoms with Gasteiger partial charge in [0.25, 0.3) is 0 Å². The highest BCUT2D eigenvalue weighted by Crippen LogP contribution is 2.35. The fourth-order valence-electron chi connectivity index (χ4n) is 3.36. The summed E-state index contributed by atoms with van der Waals surface area (Å²) < 4.78 is 0. The molecule has 1 amide bonds. The van der Waals surface area contributed by atoms with E-state index in [0.717, 1.165) is 19.3 Å². The van der Waals surface area contributed by atoms with E-state index in [2.05, 4.69) is 36.1 Å². The number of benzene rings is 1. The first-order chi connectivity index (χ1) is 8.25. The highest BCUT2D eigenvalue weighted by Gasteiger charge is 2.40. The molecule has 17 heavy (non-hydrogen) atoms. The van der Waals surface area contributed by atoms with Gasteiger partial charge in [-0.2, -0.15) is 0 Å². The Morgan fingerprint density at radius 1 is 1.24 bits per heavy atom. The van der Waals surface area contributed by atoms with Crippen molar-refractivity contribution in [1.82, 2.24) is 4.90 Å². The molecular formula is C15H19NO. The number of carbonyl (C=O) groups is 1. The molecule has 0 spiro atoms. The van der Waals surface area contributed by atoms with E-state index in [1.807, 2.05) is 0 Å². The summed E-state index contributed by atoms with van der Waals surface area (Å²) in [6, 6.07) is 9.54. The van der Waals surface area contributed by atoms with Gasteiger partial charge in [-0.15, -0.1) is 0 Å². The molecule has 2 fully saturated rings. The van der Waals surface area contributed by atoms with E-state index in [-0.39, 0.29) is 0 Å². The van der Waals surface area contributed by atoms with E-state index in [1.165, 1.54) is 24.0 Å². The van der Waals surface area contributed by atoms with Gasteiger partial charge >= 0.3 is 0 Å². The van der Waals surface area contributed by atoms with Crippen molar-refractivity contribution in [2.45, 2.75) is 51.1 Å². The van der Waals surface area contributed by atoms with Crippen LogP contribution >= 0.6 is 0 Å². The molecule has 2 heteroatoms. The van der Waals surface area contributed by atoms with Gasteiger partial charge in [-0.3, -0.25) is 4.79 Å². The van der Waals surface area contributed by atoms with Gasteiger partial charge in [0.15, 0.2) is 0 Å². The highest BCUT2D eigenvalue weighted by atomic mass is 16.2. The van der Waals surface area contributed by atoms with Crippen molar-refractivity contribution in [3.63, 3.8) is 0 Å². The lowest BCUT2D eigenvalue weighted by atomic mass is 9.99. The molecule has 2 nitrogen and oxygen atoms in total. The van der Waals surface area contributed by atoms with E-state index in [0.29, 0.717) is 18.0 Å². The number of carbonyl (C=O) groups excluding carboxylic acids is 1. The topological polar surface area (TPSA) is 20.3 Å². The second kappa shape index (κ2) is 4.17. The van der Waals surface area contributed by atoms with Crippen LogP contribution in [0, 0.1) is 6.92 Å². The van der Waals surface area contributed by atoms with Crippen molar-refractivity contribution in [3.05, 3.63) is 35.4 Å². The molecule has 0 aromatic heterocycles. The summed E-state index contributed by atoms with van der Waals surface area (Å²) in [5.41, 5.74) is 2.75. The lowest BCUT2D eigenvalue weighted by Gasteiger charge is -2.24. The molecule has 0 N–H and O–H groups in total. The summed E-state index contributed by atoms with van der Waals surface area (Å²) in [7, 11) is 0. The Morgan fingerprint density at radius 3 is 2.88 bits per heavy atom. The third-order valence-electron chi connectivity index (χ3n) is 4.32. The molecule has 0 saturated carbocycles. The van der Waals surface area contributed by atoms with Crippen molar-refractivity contribution in [1.29, 1.82) is 0 Å². The van der Waals surface area contributed by atoms with Gasteiger partial charge in [0.2, 0.25) is 5.91 Å². The van der Waals surface area contributed by atoms with Crippen molar-refractivity contribution in [2.24, 2.45) is 0 Å². The quantitative estimate of drug-likeness (QED) is 0.763. The van der Waals surface area contributed by atoms with Crippen LogP contribution in [-0.4, -0.2) is 22.9 Å². The maximum atomic E-state index is 11.9. The highest BCUT2D eigenvalue weighted by molar-refractivity contribution is 5.79. The number of rotatable bonds is 2. The lowest BCUT2D eigenvalue weighted by molar-refractivity contribution is -0.129. The van der Waals surface area contributed by atoms with Gasteiger partial charge in [-0.25, -0.2) is 0 Å². The van der Waals surface area contributed by atoms with Gasteiger partial charge in [0.05, 0.1) is 0 Å². The van der Waals surface area contributed by atoms with Gasteiger partial charge in [0, 0.05) is 18.5 Å². The first-order valence-corrected chi connectivity index (χ1v) is 6.61. The fourth-order valence-corrected chi connectivity index (χ4v) is 3.36. The number of fused-ring (bicyclic) bond motifs is 1.